The molecule has 1 aliphatic rings. The van der Waals surface area contributed by atoms with Crippen LogP contribution in [0.3, 0.4) is 0 Å². The topological polar surface area (TPSA) is 32.3 Å². The SMILES string of the molecule is Cc1cc(NC(C)C(=O)N2CCCC2)ccc1Br. The second-order valence-electron chi connectivity index (χ2n) is 4.86. The van der Waals surface area contributed by atoms with E-state index in [0.717, 1.165) is 36.1 Å². The molecule has 0 saturated carbocycles. The van der Waals surface area contributed by atoms with E-state index >= 15 is 0 Å². The molecule has 1 amide bonds. The van der Waals surface area contributed by atoms with Gasteiger partial charge in [-0.05, 0) is 50.5 Å². The van der Waals surface area contributed by atoms with Gasteiger partial charge >= 0.3 is 0 Å². The fourth-order valence-corrected chi connectivity index (χ4v) is 2.50. The molecule has 1 atom stereocenters. The van der Waals surface area contributed by atoms with Gasteiger partial charge in [0.1, 0.15) is 6.04 Å². The average molecular weight is 311 g/mol. The number of rotatable bonds is 3. The molecule has 1 fully saturated rings. The van der Waals surface area contributed by atoms with Crippen molar-refractivity contribution < 1.29 is 4.79 Å². The summed E-state index contributed by atoms with van der Waals surface area (Å²) >= 11 is 3.48. The Labute approximate surface area is 117 Å². The van der Waals surface area contributed by atoms with Gasteiger partial charge < -0.3 is 10.2 Å². The van der Waals surface area contributed by atoms with E-state index in [2.05, 4.69) is 27.3 Å². The molecule has 0 radical (unpaired) electrons. The fourth-order valence-electron chi connectivity index (χ4n) is 2.26. The van der Waals surface area contributed by atoms with E-state index in [0.29, 0.717) is 0 Å². The van der Waals surface area contributed by atoms with E-state index in [1.807, 2.05) is 30.9 Å². The number of benzene rings is 1. The molecule has 0 aromatic heterocycles. The highest BCUT2D eigenvalue weighted by Crippen LogP contribution is 2.21. The summed E-state index contributed by atoms with van der Waals surface area (Å²) in [4.78, 5) is 14.1. The van der Waals surface area contributed by atoms with E-state index in [9.17, 15) is 4.79 Å². The molecule has 4 heteroatoms. The number of nitrogens with zero attached hydrogens (tertiary/aromatic N) is 1. The molecule has 18 heavy (non-hydrogen) atoms. The van der Waals surface area contributed by atoms with Crippen molar-refractivity contribution in [3.05, 3.63) is 28.2 Å². The lowest BCUT2D eigenvalue weighted by atomic mass is 10.2. The average Bonchev–Trinajstić information content (AvgIpc) is 2.86. The van der Waals surface area contributed by atoms with Crippen LogP contribution in [0.25, 0.3) is 0 Å². The van der Waals surface area contributed by atoms with Gasteiger partial charge in [-0.3, -0.25) is 4.79 Å². The molecule has 1 aliphatic heterocycles. The maximum absolute atomic E-state index is 12.2. The van der Waals surface area contributed by atoms with Crippen LogP contribution in [0.1, 0.15) is 25.3 Å². The summed E-state index contributed by atoms with van der Waals surface area (Å²) in [6.07, 6.45) is 2.27. The molecule has 1 saturated heterocycles. The number of likely N-dealkylation sites (tertiary alicyclic amines) is 1. The van der Waals surface area contributed by atoms with E-state index in [4.69, 9.17) is 0 Å². The van der Waals surface area contributed by atoms with Crippen molar-refractivity contribution in [2.24, 2.45) is 0 Å². The van der Waals surface area contributed by atoms with Crippen molar-refractivity contribution in [1.29, 1.82) is 0 Å². The maximum Gasteiger partial charge on any atom is 0.244 e. The highest BCUT2D eigenvalue weighted by atomic mass is 79.9. The molecule has 1 unspecified atom stereocenters. The predicted octanol–water partition coefficient (Wildman–Crippen LogP) is 3.18. The van der Waals surface area contributed by atoms with Crippen molar-refractivity contribution in [3.63, 3.8) is 0 Å². The largest absolute Gasteiger partial charge is 0.374 e. The van der Waals surface area contributed by atoms with Gasteiger partial charge in [0.25, 0.3) is 0 Å². The zero-order valence-electron chi connectivity index (χ0n) is 10.9. The Morgan fingerprint density at radius 1 is 1.39 bits per heavy atom. The van der Waals surface area contributed by atoms with Crippen LogP contribution in [0.15, 0.2) is 22.7 Å². The Hall–Kier alpha value is -1.03. The van der Waals surface area contributed by atoms with Crippen LogP contribution in [-0.2, 0) is 4.79 Å². The molecule has 0 aliphatic carbocycles. The van der Waals surface area contributed by atoms with Crippen LogP contribution < -0.4 is 5.32 Å². The molecular formula is C14H19BrN2O. The molecule has 1 N–H and O–H groups in total. The lowest BCUT2D eigenvalue weighted by Gasteiger charge is -2.22. The first-order chi connectivity index (χ1) is 8.58. The number of halogens is 1. The van der Waals surface area contributed by atoms with Gasteiger partial charge in [0.2, 0.25) is 5.91 Å². The van der Waals surface area contributed by atoms with Crippen molar-refractivity contribution in [3.8, 4) is 0 Å². The Bertz CT molecular complexity index is 441. The first kappa shape index (κ1) is 13.4. The van der Waals surface area contributed by atoms with E-state index < -0.39 is 0 Å². The molecule has 3 nitrogen and oxygen atoms in total. The molecule has 2 rings (SSSR count). The van der Waals surface area contributed by atoms with Gasteiger partial charge in [0.05, 0.1) is 0 Å². The summed E-state index contributed by atoms with van der Waals surface area (Å²) in [6.45, 7) is 5.79. The molecule has 1 aromatic rings. The fraction of sp³-hybridized carbons (Fsp3) is 0.500. The summed E-state index contributed by atoms with van der Waals surface area (Å²) < 4.78 is 1.09. The third kappa shape index (κ3) is 3.05. The summed E-state index contributed by atoms with van der Waals surface area (Å²) in [6, 6.07) is 5.89. The first-order valence-corrected chi connectivity index (χ1v) is 7.18. The Kier molecular flexibility index (Phi) is 4.27. The minimum atomic E-state index is -0.163. The highest BCUT2D eigenvalue weighted by molar-refractivity contribution is 9.10. The number of hydrogen-bond donors (Lipinski definition) is 1. The van der Waals surface area contributed by atoms with Crippen LogP contribution in [-0.4, -0.2) is 29.9 Å². The van der Waals surface area contributed by atoms with E-state index in [-0.39, 0.29) is 11.9 Å². The molecule has 0 spiro atoms. The lowest BCUT2D eigenvalue weighted by Crippen LogP contribution is -2.39. The van der Waals surface area contributed by atoms with Crippen LogP contribution in [0.5, 0.6) is 0 Å². The lowest BCUT2D eigenvalue weighted by molar-refractivity contribution is -0.130. The first-order valence-electron chi connectivity index (χ1n) is 6.39. The summed E-state index contributed by atoms with van der Waals surface area (Å²) in [5, 5.41) is 3.27. The Morgan fingerprint density at radius 2 is 2.06 bits per heavy atom. The van der Waals surface area contributed by atoms with Gasteiger partial charge in [0.15, 0.2) is 0 Å². The van der Waals surface area contributed by atoms with Crippen molar-refractivity contribution >= 4 is 27.5 Å². The number of anilines is 1. The maximum atomic E-state index is 12.2. The van der Waals surface area contributed by atoms with Gasteiger partial charge in [-0.1, -0.05) is 15.9 Å². The van der Waals surface area contributed by atoms with Crippen molar-refractivity contribution in [1.82, 2.24) is 4.90 Å². The van der Waals surface area contributed by atoms with E-state index in [1.165, 1.54) is 5.56 Å². The minimum Gasteiger partial charge on any atom is -0.374 e. The quantitative estimate of drug-likeness (QED) is 0.930. The molecule has 0 bridgehead atoms. The molecule has 1 aromatic carbocycles. The summed E-state index contributed by atoms with van der Waals surface area (Å²) in [5.74, 6) is 0.202. The second kappa shape index (κ2) is 5.74. The third-order valence-electron chi connectivity index (χ3n) is 3.33. The predicted molar refractivity (Wildman–Crippen MR) is 77.8 cm³/mol. The van der Waals surface area contributed by atoms with Gasteiger partial charge in [0, 0.05) is 23.2 Å². The van der Waals surface area contributed by atoms with Crippen LogP contribution in [0, 0.1) is 6.92 Å². The molecular weight excluding hydrogens is 292 g/mol. The summed E-state index contributed by atoms with van der Waals surface area (Å²) in [5.41, 5.74) is 2.16. The normalized spacial score (nSPS) is 16.7. The number of amides is 1. The number of carbonyl (C=O) groups excluding carboxylic acids is 1. The molecule has 98 valence electrons. The number of carbonyl (C=O) groups is 1. The zero-order valence-corrected chi connectivity index (χ0v) is 12.5. The van der Waals surface area contributed by atoms with Crippen LogP contribution in [0.4, 0.5) is 5.69 Å². The summed E-state index contributed by atoms with van der Waals surface area (Å²) in [7, 11) is 0. The zero-order chi connectivity index (χ0) is 13.1. The van der Waals surface area contributed by atoms with Gasteiger partial charge in [-0.25, -0.2) is 0 Å². The Morgan fingerprint density at radius 3 is 2.67 bits per heavy atom. The van der Waals surface area contributed by atoms with Crippen molar-refractivity contribution in [2.45, 2.75) is 32.7 Å². The monoisotopic (exact) mass is 310 g/mol. The van der Waals surface area contributed by atoms with Gasteiger partial charge in [-0.2, -0.15) is 0 Å². The van der Waals surface area contributed by atoms with Gasteiger partial charge in [-0.15, -0.1) is 0 Å². The van der Waals surface area contributed by atoms with Crippen LogP contribution in [0.2, 0.25) is 0 Å². The highest BCUT2D eigenvalue weighted by Gasteiger charge is 2.22. The number of aryl methyl sites for hydroxylation is 1. The number of nitrogens with one attached hydrogen (secondary N) is 1. The third-order valence-corrected chi connectivity index (χ3v) is 4.22. The Balaban J connectivity index is 1.99. The minimum absolute atomic E-state index is 0.163. The smallest absolute Gasteiger partial charge is 0.244 e. The van der Waals surface area contributed by atoms with E-state index in [1.54, 1.807) is 0 Å². The van der Waals surface area contributed by atoms with Crippen LogP contribution >= 0.6 is 15.9 Å². The second-order valence-corrected chi connectivity index (χ2v) is 5.72. The number of hydrogen-bond acceptors (Lipinski definition) is 2. The van der Waals surface area contributed by atoms with Crippen molar-refractivity contribution in [2.75, 3.05) is 18.4 Å². The standard InChI is InChI=1S/C14H19BrN2O/c1-10-9-12(5-6-13(10)15)16-11(2)14(18)17-7-3-4-8-17/h5-6,9,11,16H,3-4,7-8H2,1-2H3. The molecule has 1 heterocycles.